The van der Waals surface area contributed by atoms with Gasteiger partial charge < -0.3 is 5.32 Å². The topological polar surface area (TPSA) is 92.6 Å². The number of nitro benzene ring substituents is 1. The molecule has 0 fully saturated rings. The van der Waals surface area contributed by atoms with Crippen molar-refractivity contribution in [2.45, 2.75) is 18.2 Å². The van der Waals surface area contributed by atoms with Gasteiger partial charge in [-0.25, -0.2) is 12.7 Å². The Morgan fingerprint density at radius 2 is 2.05 bits per heavy atom. The number of benzene rings is 1. The molecule has 1 N–H and O–H groups in total. The third kappa shape index (κ3) is 4.13. The maximum Gasteiger partial charge on any atom is 0.289 e. The lowest BCUT2D eigenvalue weighted by atomic mass is 10.2. The van der Waals surface area contributed by atoms with Crippen LogP contribution in [0.25, 0.3) is 0 Å². The zero-order chi connectivity index (χ0) is 16.2. The lowest BCUT2D eigenvalue weighted by molar-refractivity contribution is -0.384. The molecule has 0 aliphatic carbocycles. The number of nitro groups is 1. The first-order valence-electron chi connectivity index (χ1n) is 6.27. The van der Waals surface area contributed by atoms with Crippen molar-refractivity contribution < 1.29 is 13.3 Å². The van der Waals surface area contributed by atoms with Crippen LogP contribution >= 0.6 is 11.6 Å². The molecule has 0 aromatic heterocycles. The monoisotopic (exact) mass is 335 g/mol. The van der Waals surface area contributed by atoms with Crippen molar-refractivity contribution in [2.75, 3.05) is 27.2 Å². The van der Waals surface area contributed by atoms with Crippen LogP contribution in [0, 0.1) is 17.0 Å². The van der Waals surface area contributed by atoms with E-state index in [-0.39, 0.29) is 9.92 Å². The Kier molecular flexibility index (Phi) is 6.09. The molecule has 1 aromatic carbocycles. The van der Waals surface area contributed by atoms with Crippen LogP contribution in [0.4, 0.5) is 5.69 Å². The number of rotatable bonds is 7. The normalized spacial score (nSPS) is 11.9. The van der Waals surface area contributed by atoms with Gasteiger partial charge in [0, 0.05) is 19.7 Å². The summed E-state index contributed by atoms with van der Waals surface area (Å²) in [6.07, 6.45) is 0.640. The first-order valence-corrected chi connectivity index (χ1v) is 8.09. The second-order valence-corrected chi connectivity index (χ2v) is 7.03. The lowest BCUT2D eigenvalue weighted by Gasteiger charge is -2.18. The highest BCUT2D eigenvalue weighted by Crippen LogP contribution is 2.31. The predicted octanol–water partition coefficient (Wildman–Crippen LogP) is 1.79. The van der Waals surface area contributed by atoms with Gasteiger partial charge >= 0.3 is 0 Å². The maximum absolute atomic E-state index is 12.5. The van der Waals surface area contributed by atoms with Gasteiger partial charge in [-0.1, -0.05) is 11.6 Å². The van der Waals surface area contributed by atoms with Gasteiger partial charge in [0.2, 0.25) is 10.0 Å². The predicted molar refractivity (Wildman–Crippen MR) is 81.2 cm³/mol. The number of sulfonamides is 1. The zero-order valence-corrected chi connectivity index (χ0v) is 13.7. The fraction of sp³-hybridized carbons (Fsp3) is 0.500. The van der Waals surface area contributed by atoms with Gasteiger partial charge in [-0.05, 0) is 38.6 Å². The second-order valence-electron chi connectivity index (χ2n) is 4.61. The summed E-state index contributed by atoms with van der Waals surface area (Å²) in [6.45, 7) is 2.56. The van der Waals surface area contributed by atoms with Crippen LogP contribution in [0.15, 0.2) is 17.0 Å². The van der Waals surface area contributed by atoms with E-state index >= 15 is 0 Å². The summed E-state index contributed by atoms with van der Waals surface area (Å²) in [6, 6.07) is 2.32. The molecule has 0 heterocycles. The second kappa shape index (κ2) is 7.17. The molecule has 0 bridgehead atoms. The molecule has 0 aliphatic heterocycles. The van der Waals surface area contributed by atoms with Crippen LogP contribution in [0.5, 0.6) is 0 Å². The van der Waals surface area contributed by atoms with Crippen molar-refractivity contribution in [3.63, 3.8) is 0 Å². The molecule has 1 rings (SSSR count). The minimum absolute atomic E-state index is 0.0747. The van der Waals surface area contributed by atoms with Gasteiger partial charge in [-0.2, -0.15) is 0 Å². The van der Waals surface area contributed by atoms with E-state index in [1.54, 1.807) is 14.0 Å². The summed E-state index contributed by atoms with van der Waals surface area (Å²) in [5.41, 5.74) is -0.0319. The Bertz CT molecular complexity index is 634. The van der Waals surface area contributed by atoms with E-state index in [2.05, 4.69) is 5.32 Å². The van der Waals surface area contributed by atoms with Crippen LogP contribution < -0.4 is 5.32 Å². The van der Waals surface area contributed by atoms with Gasteiger partial charge in [0.25, 0.3) is 5.69 Å². The molecular weight excluding hydrogens is 318 g/mol. The molecule has 0 atom stereocenters. The molecule has 0 aliphatic rings. The molecular formula is C12H18ClN3O4S. The molecule has 0 spiro atoms. The smallest absolute Gasteiger partial charge is 0.289 e. The summed E-state index contributed by atoms with van der Waals surface area (Å²) >= 11 is 5.77. The molecule has 0 amide bonds. The van der Waals surface area contributed by atoms with Gasteiger partial charge in [0.05, 0.1) is 9.82 Å². The summed E-state index contributed by atoms with van der Waals surface area (Å²) in [7, 11) is -0.552. The van der Waals surface area contributed by atoms with Gasteiger partial charge in [0.1, 0.15) is 5.02 Å². The van der Waals surface area contributed by atoms with Crippen molar-refractivity contribution >= 4 is 27.3 Å². The Morgan fingerprint density at radius 3 is 2.57 bits per heavy atom. The average molecular weight is 336 g/mol. The van der Waals surface area contributed by atoms with E-state index in [9.17, 15) is 18.5 Å². The Labute approximate surface area is 129 Å². The highest BCUT2D eigenvalue weighted by atomic mass is 35.5. The molecule has 21 heavy (non-hydrogen) atoms. The van der Waals surface area contributed by atoms with Crippen LogP contribution in [-0.4, -0.2) is 44.8 Å². The van der Waals surface area contributed by atoms with Gasteiger partial charge in [-0.15, -0.1) is 0 Å². The molecule has 0 saturated carbocycles. The Balaban J connectivity index is 3.19. The fourth-order valence-electron chi connectivity index (χ4n) is 1.83. The highest BCUT2D eigenvalue weighted by Gasteiger charge is 2.26. The van der Waals surface area contributed by atoms with Gasteiger partial charge in [-0.3, -0.25) is 10.1 Å². The first-order chi connectivity index (χ1) is 9.71. The third-order valence-electron chi connectivity index (χ3n) is 3.03. The van der Waals surface area contributed by atoms with E-state index in [1.807, 2.05) is 0 Å². The SMILES string of the molecule is CNCCCN(C)S(=O)(=O)c1cc([N+](=O)[O-])c(Cl)cc1C. The van der Waals surface area contributed by atoms with Crippen molar-refractivity contribution in [1.29, 1.82) is 0 Å². The van der Waals surface area contributed by atoms with Crippen molar-refractivity contribution in [3.8, 4) is 0 Å². The lowest BCUT2D eigenvalue weighted by Crippen LogP contribution is -2.30. The molecule has 9 heteroatoms. The van der Waals surface area contributed by atoms with Crippen LogP contribution in [0.3, 0.4) is 0 Å². The Hall–Kier alpha value is -1.22. The van der Waals surface area contributed by atoms with Crippen molar-refractivity contribution in [2.24, 2.45) is 0 Å². The molecule has 7 nitrogen and oxygen atoms in total. The fourth-order valence-corrected chi connectivity index (χ4v) is 3.55. The third-order valence-corrected chi connectivity index (χ3v) is 5.33. The van der Waals surface area contributed by atoms with Crippen LogP contribution in [0.2, 0.25) is 5.02 Å². The standard InChI is InChI=1S/C12H18ClN3O4S/c1-9-7-10(13)11(16(17)18)8-12(9)21(19,20)15(3)6-4-5-14-2/h7-8,14H,4-6H2,1-3H3. The van der Waals surface area contributed by atoms with E-state index in [0.717, 1.165) is 6.07 Å². The molecule has 1 aromatic rings. The zero-order valence-electron chi connectivity index (χ0n) is 12.1. The summed E-state index contributed by atoms with van der Waals surface area (Å²) < 4.78 is 26.1. The van der Waals surface area contributed by atoms with Crippen LogP contribution in [0.1, 0.15) is 12.0 Å². The maximum atomic E-state index is 12.5. The first kappa shape index (κ1) is 17.8. The average Bonchev–Trinajstić information content (AvgIpc) is 2.37. The van der Waals surface area contributed by atoms with E-state index in [4.69, 9.17) is 11.6 Å². The highest BCUT2D eigenvalue weighted by molar-refractivity contribution is 7.89. The number of nitrogens with one attached hydrogen (secondary N) is 1. The van der Waals surface area contributed by atoms with E-state index in [0.29, 0.717) is 25.1 Å². The van der Waals surface area contributed by atoms with Crippen molar-refractivity contribution in [1.82, 2.24) is 9.62 Å². The number of nitrogens with zero attached hydrogens (tertiary/aromatic N) is 2. The molecule has 0 saturated heterocycles. The van der Waals surface area contributed by atoms with E-state index in [1.165, 1.54) is 17.4 Å². The minimum Gasteiger partial charge on any atom is -0.320 e. The quantitative estimate of drug-likeness (QED) is 0.466. The summed E-state index contributed by atoms with van der Waals surface area (Å²) in [4.78, 5) is 10.1. The number of halogens is 1. The van der Waals surface area contributed by atoms with Gasteiger partial charge in [0.15, 0.2) is 0 Å². The van der Waals surface area contributed by atoms with Crippen LogP contribution in [-0.2, 0) is 10.0 Å². The molecule has 0 unspecified atom stereocenters. The van der Waals surface area contributed by atoms with E-state index < -0.39 is 20.6 Å². The summed E-state index contributed by atoms with van der Waals surface area (Å²) in [5.74, 6) is 0. The Morgan fingerprint density at radius 1 is 1.43 bits per heavy atom. The molecule has 0 radical (unpaired) electrons. The largest absolute Gasteiger partial charge is 0.320 e. The molecule has 118 valence electrons. The van der Waals surface area contributed by atoms with Crippen molar-refractivity contribution in [3.05, 3.63) is 32.8 Å². The number of aryl methyl sites for hydroxylation is 1. The minimum atomic E-state index is -3.78. The summed E-state index contributed by atoms with van der Waals surface area (Å²) in [5, 5.41) is 13.8. The number of hydrogen-bond donors (Lipinski definition) is 1. The number of hydrogen-bond acceptors (Lipinski definition) is 5.